The molecular weight excluding hydrogens is 348 g/mol. The molecule has 0 aliphatic carbocycles. The predicted octanol–water partition coefficient (Wildman–Crippen LogP) is 3.08. The van der Waals surface area contributed by atoms with Gasteiger partial charge in [-0.05, 0) is 42.0 Å². The smallest absolute Gasteiger partial charge is 0.248 e. The highest BCUT2D eigenvalue weighted by Gasteiger charge is 2.11. The third-order valence-electron chi connectivity index (χ3n) is 3.77. The minimum Gasteiger partial charge on any atom is -0.495 e. The highest BCUT2D eigenvalue weighted by Crippen LogP contribution is 2.31. The number of benzene rings is 2. The molecule has 0 fully saturated rings. The Labute approximate surface area is 156 Å². The number of fused-ring (bicyclic) bond motifs is 1. The second-order valence-corrected chi connectivity index (χ2v) is 5.82. The molecular formula is C20H20N2O5. The molecule has 0 saturated heterocycles. The Hall–Kier alpha value is -3.48. The summed E-state index contributed by atoms with van der Waals surface area (Å²) in [6, 6.07) is 10.5. The number of methoxy groups -OCH3 is 1. The van der Waals surface area contributed by atoms with Crippen molar-refractivity contribution in [3.8, 4) is 17.2 Å². The number of hydrogen-bond acceptors (Lipinski definition) is 5. The third-order valence-corrected chi connectivity index (χ3v) is 3.77. The minimum absolute atomic E-state index is 0.198. The number of anilines is 2. The summed E-state index contributed by atoms with van der Waals surface area (Å²) in [4.78, 5) is 23.5. The van der Waals surface area contributed by atoms with Crippen LogP contribution in [0.25, 0.3) is 6.08 Å². The number of amides is 2. The Balaban J connectivity index is 1.71. The van der Waals surface area contributed by atoms with E-state index in [4.69, 9.17) is 14.2 Å². The lowest BCUT2D eigenvalue weighted by atomic mass is 10.1. The summed E-state index contributed by atoms with van der Waals surface area (Å²) in [6.45, 7) is 2.45. The largest absolute Gasteiger partial charge is 0.495 e. The molecule has 2 amide bonds. The van der Waals surface area contributed by atoms with Gasteiger partial charge in [-0.3, -0.25) is 9.59 Å². The second kappa shape index (κ2) is 8.27. The molecule has 2 aromatic rings. The standard InChI is InChI=1S/C20H20N2O5/c1-13(23)21-15-5-7-17(25-2)16(12-15)22-20(24)8-4-14-3-6-18-19(11-14)27-10-9-26-18/h3-8,11-12H,9-10H2,1-2H3,(H,21,23)(H,22,24)/b8-4+. The Kier molecular flexibility index (Phi) is 5.61. The zero-order chi connectivity index (χ0) is 19.2. The van der Waals surface area contributed by atoms with Crippen LogP contribution in [0.5, 0.6) is 17.2 Å². The number of rotatable bonds is 5. The van der Waals surface area contributed by atoms with Crippen molar-refractivity contribution >= 4 is 29.3 Å². The van der Waals surface area contributed by atoms with Gasteiger partial charge >= 0.3 is 0 Å². The molecule has 2 aromatic carbocycles. The van der Waals surface area contributed by atoms with Gasteiger partial charge in [0.15, 0.2) is 11.5 Å². The van der Waals surface area contributed by atoms with Gasteiger partial charge in [-0.1, -0.05) is 6.07 Å². The first-order valence-electron chi connectivity index (χ1n) is 8.39. The van der Waals surface area contributed by atoms with Crippen molar-refractivity contribution in [2.45, 2.75) is 6.92 Å². The van der Waals surface area contributed by atoms with Gasteiger partial charge in [-0.25, -0.2) is 0 Å². The first kappa shape index (κ1) is 18.3. The Bertz CT molecular complexity index is 892. The Morgan fingerprint density at radius 3 is 2.56 bits per heavy atom. The summed E-state index contributed by atoms with van der Waals surface area (Å²) in [6.07, 6.45) is 3.09. The van der Waals surface area contributed by atoms with Crippen molar-refractivity contribution in [1.29, 1.82) is 0 Å². The van der Waals surface area contributed by atoms with Crippen molar-refractivity contribution in [2.24, 2.45) is 0 Å². The van der Waals surface area contributed by atoms with E-state index in [1.807, 2.05) is 18.2 Å². The molecule has 0 saturated carbocycles. The minimum atomic E-state index is -0.330. The lowest BCUT2D eigenvalue weighted by Crippen LogP contribution is -2.15. The van der Waals surface area contributed by atoms with E-state index in [2.05, 4.69) is 10.6 Å². The van der Waals surface area contributed by atoms with Crippen LogP contribution < -0.4 is 24.8 Å². The van der Waals surface area contributed by atoms with Crippen LogP contribution in [0.15, 0.2) is 42.5 Å². The molecule has 2 N–H and O–H groups in total. The highest BCUT2D eigenvalue weighted by molar-refractivity contribution is 6.03. The topological polar surface area (TPSA) is 85.9 Å². The van der Waals surface area contributed by atoms with Gasteiger partial charge < -0.3 is 24.8 Å². The maximum Gasteiger partial charge on any atom is 0.248 e. The number of nitrogens with one attached hydrogen (secondary N) is 2. The predicted molar refractivity (Wildman–Crippen MR) is 102 cm³/mol. The summed E-state index contributed by atoms with van der Waals surface area (Å²) < 4.78 is 16.3. The third kappa shape index (κ3) is 4.78. The molecule has 27 heavy (non-hydrogen) atoms. The highest BCUT2D eigenvalue weighted by atomic mass is 16.6. The molecule has 0 aromatic heterocycles. The average Bonchev–Trinajstić information content (AvgIpc) is 2.66. The van der Waals surface area contributed by atoms with E-state index in [1.165, 1.54) is 20.1 Å². The van der Waals surface area contributed by atoms with E-state index in [-0.39, 0.29) is 11.8 Å². The summed E-state index contributed by atoms with van der Waals surface area (Å²) in [7, 11) is 1.51. The van der Waals surface area contributed by atoms with Gasteiger partial charge in [0.2, 0.25) is 11.8 Å². The van der Waals surface area contributed by atoms with Gasteiger partial charge in [0.05, 0.1) is 12.8 Å². The van der Waals surface area contributed by atoms with Crippen molar-refractivity contribution in [3.63, 3.8) is 0 Å². The van der Waals surface area contributed by atoms with E-state index in [9.17, 15) is 9.59 Å². The molecule has 0 unspecified atom stereocenters. The molecule has 0 atom stereocenters. The Morgan fingerprint density at radius 1 is 1.04 bits per heavy atom. The number of carbonyl (C=O) groups is 2. The molecule has 1 heterocycles. The van der Waals surface area contributed by atoms with Crippen LogP contribution in [-0.2, 0) is 9.59 Å². The fraction of sp³-hybridized carbons (Fsp3) is 0.200. The molecule has 0 spiro atoms. The van der Waals surface area contributed by atoms with Crippen molar-refractivity contribution < 1.29 is 23.8 Å². The lowest BCUT2D eigenvalue weighted by Gasteiger charge is -2.18. The van der Waals surface area contributed by atoms with E-state index in [1.54, 1.807) is 24.3 Å². The zero-order valence-electron chi connectivity index (χ0n) is 15.1. The summed E-state index contributed by atoms with van der Waals surface area (Å²) in [5, 5.41) is 5.42. The van der Waals surface area contributed by atoms with E-state index in [0.29, 0.717) is 41.8 Å². The van der Waals surface area contributed by atoms with Crippen LogP contribution in [0.4, 0.5) is 11.4 Å². The van der Waals surface area contributed by atoms with E-state index >= 15 is 0 Å². The maximum absolute atomic E-state index is 12.3. The van der Waals surface area contributed by atoms with Crippen molar-refractivity contribution in [3.05, 3.63) is 48.0 Å². The number of carbonyl (C=O) groups excluding carboxylic acids is 2. The van der Waals surface area contributed by atoms with Crippen LogP contribution in [0.1, 0.15) is 12.5 Å². The number of ether oxygens (including phenoxy) is 3. The van der Waals surface area contributed by atoms with Gasteiger partial charge in [0.1, 0.15) is 19.0 Å². The summed E-state index contributed by atoms with van der Waals surface area (Å²) in [5.74, 6) is 1.32. The maximum atomic E-state index is 12.3. The summed E-state index contributed by atoms with van der Waals surface area (Å²) >= 11 is 0. The van der Waals surface area contributed by atoms with Gasteiger partial charge in [-0.2, -0.15) is 0 Å². The monoisotopic (exact) mass is 368 g/mol. The molecule has 1 aliphatic rings. The van der Waals surface area contributed by atoms with Crippen LogP contribution in [0.2, 0.25) is 0 Å². The van der Waals surface area contributed by atoms with Crippen LogP contribution in [-0.4, -0.2) is 32.1 Å². The first-order valence-corrected chi connectivity index (χ1v) is 8.39. The summed E-state index contributed by atoms with van der Waals surface area (Å²) in [5.41, 5.74) is 1.84. The SMILES string of the molecule is COc1ccc(NC(C)=O)cc1NC(=O)/C=C/c1ccc2c(c1)OCCO2. The molecule has 7 heteroatoms. The first-order chi connectivity index (χ1) is 13.0. The van der Waals surface area contributed by atoms with Crippen LogP contribution >= 0.6 is 0 Å². The average molecular weight is 368 g/mol. The Morgan fingerprint density at radius 2 is 1.81 bits per heavy atom. The van der Waals surface area contributed by atoms with E-state index in [0.717, 1.165) is 5.56 Å². The van der Waals surface area contributed by atoms with E-state index < -0.39 is 0 Å². The molecule has 7 nitrogen and oxygen atoms in total. The van der Waals surface area contributed by atoms with Crippen molar-refractivity contribution in [2.75, 3.05) is 31.0 Å². The van der Waals surface area contributed by atoms with Gasteiger partial charge in [0.25, 0.3) is 0 Å². The van der Waals surface area contributed by atoms with Crippen molar-refractivity contribution in [1.82, 2.24) is 0 Å². The fourth-order valence-electron chi connectivity index (χ4n) is 2.60. The molecule has 1 aliphatic heterocycles. The quantitative estimate of drug-likeness (QED) is 0.792. The molecule has 3 rings (SSSR count). The fourth-order valence-corrected chi connectivity index (χ4v) is 2.60. The van der Waals surface area contributed by atoms with Gasteiger partial charge in [0, 0.05) is 18.7 Å². The van der Waals surface area contributed by atoms with Gasteiger partial charge in [-0.15, -0.1) is 0 Å². The van der Waals surface area contributed by atoms with Crippen LogP contribution in [0.3, 0.4) is 0 Å². The lowest BCUT2D eigenvalue weighted by molar-refractivity contribution is -0.114. The molecule has 0 radical (unpaired) electrons. The molecule has 140 valence electrons. The van der Waals surface area contributed by atoms with Crippen LogP contribution in [0, 0.1) is 0 Å². The number of hydrogen-bond donors (Lipinski definition) is 2. The molecule has 0 bridgehead atoms. The second-order valence-electron chi connectivity index (χ2n) is 5.82. The zero-order valence-corrected chi connectivity index (χ0v) is 15.1. The normalized spacial score (nSPS) is 12.5.